The van der Waals surface area contributed by atoms with Crippen LogP contribution in [0.3, 0.4) is 0 Å². The lowest BCUT2D eigenvalue weighted by Crippen LogP contribution is -2.35. The predicted molar refractivity (Wildman–Crippen MR) is 186 cm³/mol. The van der Waals surface area contributed by atoms with Gasteiger partial charge in [0.25, 0.3) is 5.91 Å². The Morgan fingerprint density at radius 3 is 2.41 bits per heavy atom. The first kappa shape index (κ1) is 35.4. The summed E-state index contributed by atoms with van der Waals surface area (Å²) >= 11 is 0. The molecule has 4 aromatic rings. The number of hydrogen-bond acceptors (Lipinski definition) is 9. The molecule has 1 aromatic heterocycles. The van der Waals surface area contributed by atoms with Crippen LogP contribution in [-0.4, -0.2) is 106 Å². The molecule has 1 saturated heterocycles. The van der Waals surface area contributed by atoms with Crippen LogP contribution < -0.4 is 19.1 Å². The Hall–Kier alpha value is -4.86. The monoisotopic (exact) mass is 672 g/mol. The third-order valence-corrected chi connectivity index (χ3v) is 9.02. The normalized spacial score (nSPS) is 14.2. The first-order chi connectivity index (χ1) is 23.9. The number of fused-ring (bicyclic) bond motifs is 1. The van der Waals surface area contributed by atoms with Gasteiger partial charge in [0.2, 0.25) is 11.7 Å². The Kier molecular flexibility index (Phi) is 12.3. The van der Waals surface area contributed by atoms with Gasteiger partial charge in [0, 0.05) is 51.3 Å². The van der Waals surface area contributed by atoms with Gasteiger partial charge in [0.05, 0.1) is 45.0 Å². The van der Waals surface area contributed by atoms with Crippen LogP contribution in [0.25, 0.3) is 11.0 Å². The summed E-state index contributed by atoms with van der Waals surface area (Å²) in [4.78, 5) is 25.2. The molecule has 1 aliphatic rings. The van der Waals surface area contributed by atoms with Gasteiger partial charge in [-0.1, -0.05) is 24.3 Å². The number of ether oxygens (including phenoxy) is 4. The molecule has 1 fully saturated rings. The topological polar surface area (TPSA) is 105 Å². The average Bonchev–Trinajstić information content (AvgIpc) is 3.32. The van der Waals surface area contributed by atoms with Crippen LogP contribution in [-0.2, 0) is 11.3 Å². The number of aromatic nitrogens is 2. The number of benzene rings is 3. The van der Waals surface area contributed by atoms with Crippen LogP contribution in [0.15, 0.2) is 60.7 Å². The largest absolute Gasteiger partial charge is 0.493 e. The molecule has 0 bridgehead atoms. The van der Waals surface area contributed by atoms with E-state index in [4.69, 9.17) is 29.2 Å². The Morgan fingerprint density at radius 1 is 0.980 bits per heavy atom. The Bertz CT molecular complexity index is 1710. The molecule has 49 heavy (non-hydrogen) atoms. The highest BCUT2D eigenvalue weighted by molar-refractivity contribution is 5.95. The van der Waals surface area contributed by atoms with E-state index in [1.165, 1.54) is 33.5 Å². The molecule has 0 spiro atoms. The highest BCUT2D eigenvalue weighted by Gasteiger charge is 2.25. The number of halogens is 1. The van der Waals surface area contributed by atoms with Crippen molar-refractivity contribution in [3.63, 3.8) is 0 Å². The quantitative estimate of drug-likeness (QED) is 0.158. The molecule has 1 unspecified atom stereocenters. The van der Waals surface area contributed by atoms with Gasteiger partial charge in [0.15, 0.2) is 11.5 Å². The maximum Gasteiger partial charge on any atom is 0.253 e. The lowest BCUT2D eigenvalue weighted by Gasteiger charge is -2.28. The van der Waals surface area contributed by atoms with Crippen molar-refractivity contribution in [3.05, 3.63) is 77.6 Å². The fourth-order valence-corrected chi connectivity index (χ4v) is 6.47. The van der Waals surface area contributed by atoms with Gasteiger partial charge in [0.1, 0.15) is 12.4 Å². The molecule has 260 valence electrons. The molecular formula is C37H45FN6O5. The molecule has 1 amide bonds. The van der Waals surface area contributed by atoms with E-state index >= 15 is 0 Å². The maximum atomic E-state index is 13.9. The van der Waals surface area contributed by atoms with Gasteiger partial charge in [-0.05, 0) is 67.9 Å². The molecular weight excluding hydrogens is 627 g/mol. The number of methoxy groups -OCH3 is 3. The Morgan fingerprint density at radius 2 is 1.71 bits per heavy atom. The number of hydrogen-bond donors (Lipinski definition) is 0. The third-order valence-electron chi connectivity index (χ3n) is 9.02. The Balaban J connectivity index is 1.27. The van der Waals surface area contributed by atoms with Crippen molar-refractivity contribution < 1.29 is 28.1 Å². The maximum absolute atomic E-state index is 13.9. The van der Waals surface area contributed by atoms with Gasteiger partial charge in [-0.3, -0.25) is 4.79 Å². The van der Waals surface area contributed by atoms with Crippen molar-refractivity contribution in [2.24, 2.45) is 0 Å². The second-order valence-corrected chi connectivity index (χ2v) is 12.1. The molecule has 3 aromatic carbocycles. The third kappa shape index (κ3) is 8.60. The summed E-state index contributed by atoms with van der Waals surface area (Å²) in [5.41, 5.74) is 3.39. The number of rotatable bonds is 15. The number of carbonyl (C=O) groups excluding carboxylic acids is 1. The first-order valence-corrected chi connectivity index (χ1v) is 16.5. The summed E-state index contributed by atoms with van der Waals surface area (Å²) in [7, 11) is 6.34. The van der Waals surface area contributed by atoms with Crippen LogP contribution in [0.5, 0.6) is 17.2 Å². The highest BCUT2D eigenvalue weighted by atomic mass is 19.1. The molecule has 0 radical (unpaired) electrons. The molecule has 0 aliphatic carbocycles. The van der Waals surface area contributed by atoms with Crippen molar-refractivity contribution in [1.29, 1.82) is 5.26 Å². The lowest BCUT2D eigenvalue weighted by atomic mass is 9.94. The summed E-state index contributed by atoms with van der Waals surface area (Å²) < 4.78 is 38.0. The van der Waals surface area contributed by atoms with Crippen LogP contribution in [0.1, 0.15) is 34.7 Å². The number of amides is 1. The van der Waals surface area contributed by atoms with Gasteiger partial charge >= 0.3 is 0 Å². The minimum Gasteiger partial charge on any atom is -0.493 e. The number of nitrogens with zero attached hydrogens (tertiary/aromatic N) is 6. The SMILES string of the molecule is COc1cc(C(=O)N(C)CC(CCN2CCCN(c3nc4ccccc4n3CCOCC#N)CC2)c2ccc(F)cc2)cc(OC)c1OC. The standard InChI is InChI=1S/C37H45FN6O5/c1-41(36(45)29-24-33(46-2)35(48-4)34(25-29)47-3)26-28(27-10-12-30(38)13-11-27)14-18-42-16-7-17-43(20-19-42)37-40-31-8-5-6-9-32(31)44(37)21-23-49-22-15-39/h5-6,8-13,24-25,28H,7,14,16-23,26H2,1-4H3. The second kappa shape index (κ2) is 17.0. The summed E-state index contributed by atoms with van der Waals surface area (Å²) in [6.07, 6.45) is 1.75. The number of para-hydroxylation sites is 2. The van der Waals surface area contributed by atoms with Crippen LogP contribution in [0.2, 0.25) is 0 Å². The second-order valence-electron chi connectivity index (χ2n) is 12.1. The van der Waals surface area contributed by atoms with Crippen molar-refractivity contribution in [1.82, 2.24) is 19.4 Å². The zero-order chi connectivity index (χ0) is 34.8. The molecule has 0 N–H and O–H groups in total. The van der Waals surface area contributed by atoms with E-state index in [0.717, 1.165) is 68.1 Å². The van der Waals surface area contributed by atoms with Gasteiger partial charge in [-0.25, -0.2) is 9.37 Å². The van der Waals surface area contributed by atoms with E-state index in [-0.39, 0.29) is 24.2 Å². The molecule has 11 nitrogen and oxygen atoms in total. The van der Waals surface area contributed by atoms with E-state index in [1.54, 1.807) is 24.1 Å². The van der Waals surface area contributed by atoms with Crippen molar-refractivity contribution in [2.75, 3.05) is 85.8 Å². The smallest absolute Gasteiger partial charge is 0.253 e. The summed E-state index contributed by atoms with van der Waals surface area (Å²) in [6.45, 7) is 5.83. The molecule has 0 saturated carbocycles. The van der Waals surface area contributed by atoms with Crippen molar-refractivity contribution in [3.8, 4) is 23.3 Å². The average molecular weight is 673 g/mol. The number of imidazole rings is 1. The molecule has 1 aliphatic heterocycles. The molecule has 2 heterocycles. The number of anilines is 1. The van der Waals surface area contributed by atoms with E-state index in [9.17, 15) is 9.18 Å². The van der Waals surface area contributed by atoms with E-state index in [1.807, 2.05) is 36.4 Å². The number of likely N-dealkylation sites (N-methyl/N-ethyl adjacent to an activating group) is 1. The lowest BCUT2D eigenvalue weighted by molar-refractivity contribution is 0.0782. The molecule has 1 atom stereocenters. The fraction of sp³-hybridized carbons (Fsp3) is 0.432. The van der Waals surface area contributed by atoms with Crippen molar-refractivity contribution in [2.45, 2.75) is 25.3 Å². The molecule has 5 rings (SSSR count). The number of nitriles is 1. The van der Waals surface area contributed by atoms with Crippen LogP contribution >= 0.6 is 0 Å². The van der Waals surface area contributed by atoms with E-state index < -0.39 is 0 Å². The zero-order valence-corrected chi connectivity index (χ0v) is 28.7. The fourth-order valence-electron chi connectivity index (χ4n) is 6.47. The summed E-state index contributed by atoms with van der Waals surface area (Å²) in [5, 5.41) is 8.88. The van der Waals surface area contributed by atoms with Gasteiger partial charge in [-0.2, -0.15) is 5.26 Å². The minimum atomic E-state index is -0.292. The molecule has 12 heteroatoms. The highest BCUT2D eigenvalue weighted by Crippen LogP contribution is 2.38. The summed E-state index contributed by atoms with van der Waals surface area (Å²) in [5.74, 6) is 1.66. The zero-order valence-electron chi connectivity index (χ0n) is 28.7. The first-order valence-electron chi connectivity index (χ1n) is 16.5. The van der Waals surface area contributed by atoms with E-state index in [0.29, 0.717) is 42.5 Å². The van der Waals surface area contributed by atoms with Gasteiger partial charge < -0.3 is 38.2 Å². The minimum absolute atomic E-state index is 0.0199. The van der Waals surface area contributed by atoms with Crippen LogP contribution in [0, 0.1) is 17.1 Å². The van der Waals surface area contributed by atoms with Gasteiger partial charge in [-0.15, -0.1) is 0 Å². The van der Waals surface area contributed by atoms with E-state index in [2.05, 4.69) is 20.4 Å². The predicted octanol–water partition coefficient (Wildman–Crippen LogP) is 5.20. The van der Waals surface area contributed by atoms with Crippen LogP contribution in [0.4, 0.5) is 10.3 Å². The summed E-state index contributed by atoms with van der Waals surface area (Å²) in [6, 6.07) is 20.0. The van der Waals surface area contributed by atoms with Crippen molar-refractivity contribution >= 4 is 22.9 Å². The Labute approximate surface area is 287 Å². The number of carbonyl (C=O) groups is 1.